The van der Waals surface area contributed by atoms with Crippen molar-refractivity contribution in [2.45, 2.75) is 25.2 Å². The van der Waals surface area contributed by atoms with Gasteiger partial charge in [-0.25, -0.2) is 0 Å². The predicted octanol–water partition coefficient (Wildman–Crippen LogP) is 4.49. The molecule has 3 aromatic rings. The zero-order valence-corrected chi connectivity index (χ0v) is 19.0. The quantitative estimate of drug-likeness (QED) is 0.450. The molecule has 0 aliphatic carbocycles. The maximum atomic E-state index is 12.6. The molecule has 0 atom stereocenters. The maximum Gasteiger partial charge on any atom is 0.233 e. The fourth-order valence-electron chi connectivity index (χ4n) is 2.90. The Labute approximate surface area is 183 Å². The summed E-state index contributed by atoms with van der Waals surface area (Å²) in [6, 6.07) is 15.7. The van der Waals surface area contributed by atoms with Gasteiger partial charge in [0.05, 0.1) is 18.4 Å². The Morgan fingerprint density at radius 2 is 1.90 bits per heavy atom. The number of amides is 1. The Bertz CT molecular complexity index is 975. The molecule has 0 radical (unpaired) electrons. The first-order valence-electron chi connectivity index (χ1n) is 9.21. The third-order valence-electron chi connectivity index (χ3n) is 4.46. The summed E-state index contributed by atoms with van der Waals surface area (Å²) >= 11 is 4.83. The number of nitrogens with zero attached hydrogens (tertiary/aromatic N) is 4. The van der Waals surface area contributed by atoms with Gasteiger partial charge in [-0.3, -0.25) is 4.79 Å². The Morgan fingerprint density at radius 1 is 1.17 bits per heavy atom. The van der Waals surface area contributed by atoms with Crippen LogP contribution in [0.2, 0.25) is 0 Å². The summed E-state index contributed by atoms with van der Waals surface area (Å²) < 4.78 is 8.48. The first-order chi connectivity index (χ1) is 14.0. The van der Waals surface area contributed by atoms with Crippen LogP contribution in [0.25, 0.3) is 11.4 Å². The Kier molecular flexibility index (Phi) is 7.33. The number of thioether (sulfide) groups is 1. The van der Waals surface area contributed by atoms with E-state index in [-0.39, 0.29) is 5.91 Å². The van der Waals surface area contributed by atoms with E-state index in [4.69, 9.17) is 4.74 Å². The fraction of sp³-hybridized carbons (Fsp3) is 0.286. The number of hydrogen-bond donors (Lipinski definition) is 0. The van der Waals surface area contributed by atoms with Crippen molar-refractivity contribution in [3.8, 4) is 17.1 Å². The van der Waals surface area contributed by atoms with Crippen LogP contribution in [0.5, 0.6) is 5.75 Å². The van der Waals surface area contributed by atoms with Crippen molar-refractivity contribution in [2.24, 2.45) is 0 Å². The van der Waals surface area contributed by atoms with E-state index in [1.54, 1.807) is 12.0 Å². The van der Waals surface area contributed by atoms with Crippen LogP contribution in [0.4, 0.5) is 0 Å². The van der Waals surface area contributed by atoms with Gasteiger partial charge in [0, 0.05) is 24.6 Å². The standard InChI is InChI=1S/C21H23BrN4O2S/c1-4-26-20(17-7-5-6-8-18(17)28-3)23-24-21(26)29-14-19(27)25(2)13-15-9-11-16(22)12-10-15/h5-12H,4,13-14H2,1-3H3. The number of para-hydroxylation sites is 1. The Balaban J connectivity index is 1.68. The van der Waals surface area contributed by atoms with E-state index in [9.17, 15) is 4.79 Å². The summed E-state index contributed by atoms with van der Waals surface area (Å²) in [4.78, 5) is 14.3. The monoisotopic (exact) mass is 474 g/mol. The van der Waals surface area contributed by atoms with Crippen molar-refractivity contribution in [1.29, 1.82) is 0 Å². The number of aromatic nitrogens is 3. The van der Waals surface area contributed by atoms with E-state index in [0.717, 1.165) is 32.3 Å². The molecule has 29 heavy (non-hydrogen) atoms. The molecule has 1 heterocycles. The lowest BCUT2D eigenvalue weighted by Gasteiger charge is -2.17. The molecular formula is C21H23BrN4O2S. The summed E-state index contributed by atoms with van der Waals surface area (Å²) in [6.45, 7) is 3.30. The zero-order valence-electron chi connectivity index (χ0n) is 16.6. The van der Waals surface area contributed by atoms with Crippen LogP contribution in [-0.4, -0.2) is 45.5 Å². The molecule has 0 saturated heterocycles. The molecule has 0 N–H and O–H groups in total. The van der Waals surface area contributed by atoms with Crippen LogP contribution >= 0.6 is 27.7 Å². The summed E-state index contributed by atoms with van der Waals surface area (Å²) in [7, 11) is 3.46. The molecule has 0 bridgehead atoms. The highest BCUT2D eigenvalue weighted by atomic mass is 79.9. The van der Waals surface area contributed by atoms with Gasteiger partial charge < -0.3 is 14.2 Å². The minimum absolute atomic E-state index is 0.0439. The normalized spacial score (nSPS) is 10.8. The number of rotatable bonds is 8. The number of carbonyl (C=O) groups is 1. The average molecular weight is 475 g/mol. The highest BCUT2D eigenvalue weighted by molar-refractivity contribution is 9.10. The Hall–Kier alpha value is -2.32. The molecule has 8 heteroatoms. The van der Waals surface area contributed by atoms with Crippen molar-refractivity contribution in [3.05, 3.63) is 58.6 Å². The smallest absolute Gasteiger partial charge is 0.233 e. The lowest BCUT2D eigenvalue weighted by atomic mass is 10.2. The van der Waals surface area contributed by atoms with E-state index >= 15 is 0 Å². The van der Waals surface area contributed by atoms with Gasteiger partial charge in [-0.1, -0.05) is 52.0 Å². The minimum atomic E-state index is 0.0439. The number of benzene rings is 2. The third-order valence-corrected chi connectivity index (χ3v) is 5.94. The molecule has 0 aliphatic heterocycles. The van der Waals surface area contributed by atoms with E-state index in [2.05, 4.69) is 26.1 Å². The van der Waals surface area contributed by atoms with Crippen molar-refractivity contribution in [1.82, 2.24) is 19.7 Å². The number of halogens is 1. The van der Waals surface area contributed by atoms with Crippen LogP contribution < -0.4 is 4.74 Å². The van der Waals surface area contributed by atoms with Gasteiger partial charge in [-0.2, -0.15) is 0 Å². The molecule has 152 valence electrons. The SMILES string of the molecule is CCn1c(SCC(=O)N(C)Cc2ccc(Br)cc2)nnc1-c1ccccc1OC. The molecule has 0 saturated carbocycles. The predicted molar refractivity (Wildman–Crippen MR) is 119 cm³/mol. The van der Waals surface area contributed by atoms with Gasteiger partial charge in [0.25, 0.3) is 0 Å². The second-order valence-electron chi connectivity index (χ2n) is 6.42. The molecule has 1 amide bonds. The molecular weight excluding hydrogens is 452 g/mol. The number of hydrogen-bond acceptors (Lipinski definition) is 5. The van der Waals surface area contributed by atoms with Crippen LogP contribution in [0.3, 0.4) is 0 Å². The molecule has 0 aliphatic rings. The topological polar surface area (TPSA) is 60.2 Å². The fourth-order valence-corrected chi connectivity index (χ4v) is 4.10. The van der Waals surface area contributed by atoms with Crippen LogP contribution in [0.1, 0.15) is 12.5 Å². The van der Waals surface area contributed by atoms with Crippen LogP contribution in [0.15, 0.2) is 58.2 Å². The lowest BCUT2D eigenvalue weighted by molar-refractivity contribution is -0.127. The highest BCUT2D eigenvalue weighted by Gasteiger charge is 2.18. The van der Waals surface area contributed by atoms with E-state index in [0.29, 0.717) is 18.8 Å². The largest absolute Gasteiger partial charge is 0.496 e. The minimum Gasteiger partial charge on any atom is -0.496 e. The van der Waals surface area contributed by atoms with E-state index < -0.39 is 0 Å². The molecule has 2 aromatic carbocycles. The second kappa shape index (κ2) is 9.93. The van der Waals surface area contributed by atoms with Gasteiger partial charge in [-0.05, 0) is 36.8 Å². The highest BCUT2D eigenvalue weighted by Crippen LogP contribution is 2.30. The number of ether oxygens (including phenoxy) is 1. The van der Waals surface area contributed by atoms with E-state index in [1.165, 1.54) is 11.8 Å². The summed E-state index contributed by atoms with van der Waals surface area (Å²) in [5.74, 6) is 1.83. The van der Waals surface area contributed by atoms with Crippen molar-refractivity contribution in [3.63, 3.8) is 0 Å². The zero-order chi connectivity index (χ0) is 20.8. The molecule has 6 nitrogen and oxygen atoms in total. The molecule has 0 fully saturated rings. The summed E-state index contributed by atoms with van der Waals surface area (Å²) in [6.07, 6.45) is 0. The second-order valence-corrected chi connectivity index (χ2v) is 8.27. The number of methoxy groups -OCH3 is 1. The van der Waals surface area contributed by atoms with E-state index in [1.807, 2.05) is 67.1 Å². The third kappa shape index (κ3) is 5.19. The number of carbonyl (C=O) groups excluding carboxylic acids is 1. The first-order valence-corrected chi connectivity index (χ1v) is 11.0. The lowest BCUT2D eigenvalue weighted by Crippen LogP contribution is -2.27. The molecule has 3 rings (SSSR count). The van der Waals surface area contributed by atoms with Gasteiger partial charge in [0.2, 0.25) is 5.91 Å². The average Bonchev–Trinajstić information content (AvgIpc) is 3.16. The molecule has 1 aromatic heterocycles. The van der Waals surface area contributed by atoms with Gasteiger partial charge in [0.15, 0.2) is 11.0 Å². The summed E-state index contributed by atoms with van der Waals surface area (Å²) in [5, 5.41) is 9.38. The van der Waals surface area contributed by atoms with Crippen molar-refractivity contribution >= 4 is 33.6 Å². The van der Waals surface area contributed by atoms with Crippen molar-refractivity contribution < 1.29 is 9.53 Å². The van der Waals surface area contributed by atoms with Gasteiger partial charge in [-0.15, -0.1) is 10.2 Å². The van der Waals surface area contributed by atoms with Crippen LogP contribution in [0, 0.1) is 0 Å². The first kappa shape index (κ1) is 21.4. The van der Waals surface area contributed by atoms with Crippen LogP contribution in [-0.2, 0) is 17.9 Å². The Morgan fingerprint density at radius 3 is 2.59 bits per heavy atom. The van der Waals surface area contributed by atoms with Crippen molar-refractivity contribution in [2.75, 3.05) is 19.9 Å². The van der Waals surface area contributed by atoms with Gasteiger partial charge in [0.1, 0.15) is 5.75 Å². The molecule has 0 spiro atoms. The maximum absolute atomic E-state index is 12.6. The molecule has 0 unspecified atom stereocenters. The summed E-state index contributed by atoms with van der Waals surface area (Å²) in [5.41, 5.74) is 1.97. The van der Waals surface area contributed by atoms with Gasteiger partial charge >= 0.3 is 0 Å².